The molecule has 0 unspecified atom stereocenters. The summed E-state index contributed by atoms with van der Waals surface area (Å²) < 4.78 is 0. The lowest BCUT2D eigenvalue weighted by atomic mass is 9.79. The van der Waals surface area contributed by atoms with Gasteiger partial charge in [0.2, 0.25) is 0 Å². The first kappa shape index (κ1) is 14.3. The summed E-state index contributed by atoms with van der Waals surface area (Å²) in [6, 6.07) is -0.0684. The molecule has 0 heterocycles. The van der Waals surface area contributed by atoms with Gasteiger partial charge in [-0.2, -0.15) is 0 Å². The van der Waals surface area contributed by atoms with Crippen LogP contribution in [0, 0.1) is 11.3 Å². The van der Waals surface area contributed by atoms with Crippen LogP contribution in [-0.2, 0) is 0 Å². The van der Waals surface area contributed by atoms with E-state index >= 15 is 0 Å². The number of aliphatic hydroxyl groups is 1. The fraction of sp³-hybridized carbons (Fsp3) is 0.923. The van der Waals surface area contributed by atoms with Gasteiger partial charge in [0.05, 0.1) is 0 Å². The van der Waals surface area contributed by atoms with Gasteiger partial charge in [-0.15, -0.1) is 0 Å². The molecule has 4 heteroatoms. The minimum absolute atomic E-state index is 0.0473. The first-order valence-corrected chi connectivity index (χ1v) is 6.78. The summed E-state index contributed by atoms with van der Waals surface area (Å²) in [7, 11) is 0. The van der Waals surface area contributed by atoms with E-state index < -0.39 is 0 Å². The smallest absolute Gasteiger partial charge is 0.314 e. The average Bonchev–Trinajstić information content (AvgIpc) is 3.16. The average molecular weight is 242 g/mol. The summed E-state index contributed by atoms with van der Waals surface area (Å²) in [6.07, 6.45) is 5.21. The molecule has 1 aliphatic rings. The van der Waals surface area contributed by atoms with Crippen molar-refractivity contribution in [3.63, 3.8) is 0 Å². The van der Waals surface area contributed by atoms with Crippen molar-refractivity contribution in [2.75, 3.05) is 19.7 Å². The lowest BCUT2D eigenvalue weighted by Gasteiger charge is -2.31. The van der Waals surface area contributed by atoms with Crippen molar-refractivity contribution in [3.8, 4) is 0 Å². The van der Waals surface area contributed by atoms with Crippen LogP contribution in [0.2, 0.25) is 0 Å². The maximum atomic E-state index is 11.6. The van der Waals surface area contributed by atoms with Gasteiger partial charge in [-0.05, 0) is 43.4 Å². The maximum Gasteiger partial charge on any atom is 0.314 e. The Kier molecular flexibility index (Phi) is 5.75. The number of rotatable bonds is 8. The van der Waals surface area contributed by atoms with Gasteiger partial charge in [0.1, 0.15) is 0 Å². The Hall–Kier alpha value is -0.770. The first-order valence-electron chi connectivity index (χ1n) is 6.78. The number of hydrogen-bond donors (Lipinski definition) is 3. The Labute approximate surface area is 104 Å². The Bertz CT molecular complexity index is 236. The Morgan fingerprint density at radius 1 is 1.29 bits per heavy atom. The summed E-state index contributed by atoms with van der Waals surface area (Å²) in [5, 5.41) is 14.9. The topological polar surface area (TPSA) is 61.4 Å². The molecule has 1 saturated carbocycles. The Balaban J connectivity index is 2.25. The van der Waals surface area contributed by atoms with E-state index in [1.165, 1.54) is 12.8 Å². The van der Waals surface area contributed by atoms with Gasteiger partial charge in [0.15, 0.2) is 0 Å². The van der Waals surface area contributed by atoms with Crippen LogP contribution in [0.5, 0.6) is 0 Å². The summed E-state index contributed by atoms with van der Waals surface area (Å²) in [5.74, 6) is 0.709. The van der Waals surface area contributed by atoms with Crippen LogP contribution in [0.15, 0.2) is 0 Å². The predicted octanol–water partition coefficient (Wildman–Crippen LogP) is 1.88. The van der Waals surface area contributed by atoms with Crippen LogP contribution >= 0.6 is 0 Å². The molecule has 0 bridgehead atoms. The van der Waals surface area contributed by atoms with Gasteiger partial charge in [0, 0.05) is 19.7 Å². The minimum atomic E-state index is -0.0684. The molecule has 0 radical (unpaired) electrons. The van der Waals surface area contributed by atoms with Crippen molar-refractivity contribution >= 4 is 6.03 Å². The molecule has 0 atom stereocenters. The van der Waals surface area contributed by atoms with Crippen molar-refractivity contribution in [1.82, 2.24) is 10.6 Å². The second kappa shape index (κ2) is 6.84. The highest BCUT2D eigenvalue weighted by molar-refractivity contribution is 5.73. The number of nitrogens with one attached hydrogen (secondary N) is 2. The Morgan fingerprint density at radius 3 is 2.41 bits per heavy atom. The third-order valence-corrected chi connectivity index (χ3v) is 4.01. The van der Waals surface area contributed by atoms with E-state index in [-0.39, 0.29) is 18.1 Å². The number of carbonyl (C=O) groups excluding carboxylic acids is 1. The van der Waals surface area contributed by atoms with Crippen molar-refractivity contribution in [1.29, 1.82) is 0 Å². The van der Waals surface area contributed by atoms with Gasteiger partial charge in [-0.3, -0.25) is 0 Å². The number of urea groups is 1. The third kappa shape index (κ3) is 4.94. The van der Waals surface area contributed by atoms with Crippen molar-refractivity contribution in [3.05, 3.63) is 0 Å². The molecule has 3 N–H and O–H groups in total. The molecule has 1 rings (SSSR count). The molecule has 0 aliphatic heterocycles. The van der Waals surface area contributed by atoms with Crippen LogP contribution in [0.1, 0.15) is 46.0 Å². The van der Waals surface area contributed by atoms with E-state index in [0.717, 1.165) is 25.8 Å². The van der Waals surface area contributed by atoms with Crippen molar-refractivity contribution in [2.24, 2.45) is 11.3 Å². The molecule has 4 nitrogen and oxygen atoms in total. The molecule has 0 aromatic carbocycles. The monoisotopic (exact) mass is 242 g/mol. The summed E-state index contributed by atoms with van der Waals surface area (Å²) in [4.78, 5) is 11.6. The summed E-state index contributed by atoms with van der Waals surface area (Å²) in [5.41, 5.74) is 0.0473. The van der Waals surface area contributed by atoms with Crippen molar-refractivity contribution < 1.29 is 9.90 Å². The van der Waals surface area contributed by atoms with Gasteiger partial charge >= 0.3 is 6.03 Å². The van der Waals surface area contributed by atoms with Crippen LogP contribution in [0.3, 0.4) is 0 Å². The van der Waals surface area contributed by atoms with Gasteiger partial charge in [0.25, 0.3) is 0 Å². The molecule has 0 aromatic heterocycles. The maximum absolute atomic E-state index is 11.6. The molecule has 2 amide bonds. The molecular formula is C13H26N2O2. The summed E-state index contributed by atoms with van der Waals surface area (Å²) in [6.45, 7) is 5.87. The largest absolute Gasteiger partial charge is 0.396 e. The zero-order chi connectivity index (χ0) is 12.7. The van der Waals surface area contributed by atoms with E-state index in [2.05, 4.69) is 24.5 Å². The van der Waals surface area contributed by atoms with Crippen LogP contribution in [0.25, 0.3) is 0 Å². The fourth-order valence-electron chi connectivity index (χ4n) is 2.07. The van der Waals surface area contributed by atoms with E-state index in [1.54, 1.807) is 0 Å². The number of aliphatic hydroxyl groups excluding tert-OH is 1. The van der Waals surface area contributed by atoms with E-state index in [0.29, 0.717) is 12.5 Å². The SMILES string of the molecule is CCC(CC)(CCO)CNC(=O)NCC1CC1. The second-order valence-corrected chi connectivity index (χ2v) is 5.19. The molecule has 0 aromatic rings. The standard InChI is InChI=1S/C13H26N2O2/c1-3-13(4-2,7-8-16)10-15-12(17)14-9-11-5-6-11/h11,16H,3-10H2,1-2H3,(H2,14,15,17). The Morgan fingerprint density at radius 2 is 1.94 bits per heavy atom. The minimum Gasteiger partial charge on any atom is -0.396 e. The highest BCUT2D eigenvalue weighted by Gasteiger charge is 2.26. The lowest BCUT2D eigenvalue weighted by Crippen LogP contribution is -2.43. The fourth-order valence-corrected chi connectivity index (χ4v) is 2.07. The second-order valence-electron chi connectivity index (χ2n) is 5.19. The quantitative estimate of drug-likeness (QED) is 0.608. The molecule has 100 valence electrons. The highest BCUT2D eigenvalue weighted by atomic mass is 16.3. The molecule has 1 aliphatic carbocycles. The molecule has 0 spiro atoms. The van der Waals surface area contributed by atoms with E-state index in [1.807, 2.05) is 0 Å². The summed E-state index contributed by atoms with van der Waals surface area (Å²) >= 11 is 0. The zero-order valence-electron chi connectivity index (χ0n) is 11.1. The molecule has 17 heavy (non-hydrogen) atoms. The van der Waals surface area contributed by atoms with Crippen molar-refractivity contribution in [2.45, 2.75) is 46.0 Å². The molecule has 1 fully saturated rings. The van der Waals surface area contributed by atoms with E-state index in [9.17, 15) is 4.79 Å². The first-order chi connectivity index (χ1) is 8.15. The van der Waals surface area contributed by atoms with Gasteiger partial charge < -0.3 is 15.7 Å². The normalized spacial score (nSPS) is 15.7. The predicted molar refractivity (Wildman–Crippen MR) is 68.8 cm³/mol. The molecule has 0 saturated heterocycles. The lowest BCUT2D eigenvalue weighted by molar-refractivity contribution is 0.163. The zero-order valence-corrected chi connectivity index (χ0v) is 11.1. The van der Waals surface area contributed by atoms with Crippen LogP contribution in [0.4, 0.5) is 4.79 Å². The van der Waals surface area contributed by atoms with Crippen LogP contribution < -0.4 is 10.6 Å². The number of hydrogen-bond acceptors (Lipinski definition) is 2. The molecular weight excluding hydrogens is 216 g/mol. The number of carbonyl (C=O) groups is 1. The van der Waals surface area contributed by atoms with Gasteiger partial charge in [-0.1, -0.05) is 13.8 Å². The highest BCUT2D eigenvalue weighted by Crippen LogP contribution is 2.29. The van der Waals surface area contributed by atoms with E-state index in [4.69, 9.17) is 5.11 Å². The van der Waals surface area contributed by atoms with Crippen LogP contribution in [-0.4, -0.2) is 30.8 Å². The number of amides is 2. The third-order valence-electron chi connectivity index (χ3n) is 4.01. The van der Waals surface area contributed by atoms with Gasteiger partial charge in [-0.25, -0.2) is 4.79 Å².